The molecule has 5 heteroatoms. The van der Waals surface area contributed by atoms with Gasteiger partial charge in [-0.15, -0.1) is 0 Å². The second-order valence-electron chi connectivity index (χ2n) is 6.16. The van der Waals surface area contributed by atoms with E-state index in [4.69, 9.17) is 0 Å². The van der Waals surface area contributed by atoms with Crippen molar-refractivity contribution in [1.29, 1.82) is 0 Å². The van der Waals surface area contributed by atoms with E-state index in [2.05, 4.69) is 10.2 Å². The Kier molecular flexibility index (Phi) is 4.10. The lowest BCUT2D eigenvalue weighted by Gasteiger charge is -2.40. The van der Waals surface area contributed by atoms with Crippen LogP contribution < -0.4 is 10.2 Å². The van der Waals surface area contributed by atoms with E-state index in [0.717, 1.165) is 37.2 Å². The summed E-state index contributed by atoms with van der Waals surface area (Å²) < 4.78 is 0. The van der Waals surface area contributed by atoms with E-state index in [1.165, 1.54) is 19.3 Å². The molecular weight excluding hydrogens is 266 g/mol. The summed E-state index contributed by atoms with van der Waals surface area (Å²) in [4.78, 5) is 13.5. The van der Waals surface area contributed by atoms with Crippen LogP contribution in [0.25, 0.3) is 0 Å². The molecule has 2 fully saturated rings. The van der Waals surface area contributed by atoms with Gasteiger partial charge in [0.1, 0.15) is 5.69 Å². The lowest BCUT2D eigenvalue weighted by atomic mass is 9.93. The van der Waals surface area contributed by atoms with Gasteiger partial charge in [0.25, 0.3) is 5.69 Å². The molecule has 114 valence electrons. The predicted molar refractivity (Wildman–Crippen MR) is 83.8 cm³/mol. The third kappa shape index (κ3) is 2.75. The molecule has 1 aromatic carbocycles. The van der Waals surface area contributed by atoms with Gasteiger partial charge < -0.3 is 10.2 Å². The van der Waals surface area contributed by atoms with Gasteiger partial charge in [-0.2, -0.15) is 0 Å². The molecule has 2 aliphatic heterocycles. The molecule has 0 saturated carbocycles. The summed E-state index contributed by atoms with van der Waals surface area (Å²) >= 11 is 0. The molecule has 2 aliphatic rings. The van der Waals surface area contributed by atoms with Crippen molar-refractivity contribution in [3.8, 4) is 0 Å². The van der Waals surface area contributed by atoms with Crippen LogP contribution in [0.5, 0.6) is 0 Å². The Morgan fingerprint density at radius 2 is 2.14 bits per heavy atom. The molecule has 0 aromatic heterocycles. The number of rotatable bonds is 3. The molecule has 0 spiro atoms. The summed E-state index contributed by atoms with van der Waals surface area (Å²) in [6.45, 7) is 3.83. The summed E-state index contributed by atoms with van der Waals surface area (Å²) in [5.41, 5.74) is 1.84. The van der Waals surface area contributed by atoms with E-state index in [1.807, 2.05) is 25.1 Å². The zero-order valence-electron chi connectivity index (χ0n) is 12.5. The fourth-order valence-corrected chi connectivity index (χ4v) is 3.83. The molecule has 0 bridgehead atoms. The number of hydrogen-bond donors (Lipinski definition) is 1. The summed E-state index contributed by atoms with van der Waals surface area (Å²) in [6.07, 6.45) is 5.86. The van der Waals surface area contributed by atoms with Crippen LogP contribution in [0.2, 0.25) is 0 Å². The standard InChI is InChI=1S/C16H23N3O2/c1-12-6-4-9-15(16(12)19(20)21)18-11-3-2-8-14(18)13-7-5-10-17-13/h4,6,9,13-14,17H,2-3,5,7-8,10-11H2,1H3. The Morgan fingerprint density at radius 1 is 1.29 bits per heavy atom. The number of piperidine rings is 1. The smallest absolute Gasteiger partial charge is 0.295 e. The number of aryl methyl sites for hydroxylation is 1. The molecule has 1 aromatic rings. The normalized spacial score (nSPS) is 26.0. The molecule has 0 amide bonds. The molecule has 1 N–H and O–H groups in total. The molecule has 2 heterocycles. The number of nitro groups is 1. The number of nitro benzene ring substituents is 1. The highest BCUT2D eigenvalue weighted by Gasteiger charge is 2.34. The van der Waals surface area contributed by atoms with E-state index in [1.54, 1.807) is 0 Å². The first-order chi connectivity index (χ1) is 10.2. The van der Waals surface area contributed by atoms with Crippen molar-refractivity contribution in [2.75, 3.05) is 18.0 Å². The number of para-hydroxylation sites is 1. The Labute approximate surface area is 125 Å². The minimum Gasteiger partial charge on any atom is -0.361 e. The van der Waals surface area contributed by atoms with Crippen molar-refractivity contribution in [3.05, 3.63) is 33.9 Å². The maximum atomic E-state index is 11.5. The zero-order chi connectivity index (χ0) is 14.8. The Morgan fingerprint density at radius 3 is 2.86 bits per heavy atom. The quantitative estimate of drug-likeness (QED) is 0.686. The molecule has 5 nitrogen and oxygen atoms in total. The van der Waals surface area contributed by atoms with Gasteiger partial charge in [-0.25, -0.2) is 0 Å². The van der Waals surface area contributed by atoms with Gasteiger partial charge in [-0.05, 0) is 51.6 Å². The molecule has 0 radical (unpaired) electrons. The zero-order valence-corrected chi connectivity index (χ0v) is 12.5. The van der Waals surface area contributed by atoms with Gasteiger partial charge >= 0.3 is 0 Å². The number of nitrogens with one attached hydrogen (secondary N) is 1. The van der Waals surface area contributed by atoms with Gasteiger partial charge in [0.05, 0.1) is 4.92 Å². The maximum absolute atomic E-state index is 11.5. The first-order valence-electron chi connectivity index (χ1n) is 7.92. The first-order valence-corrected chi connectivity index (χ1v) is 7.92. The second-order valence-corrected chi connectivity index (χ2v) is 6.16. The van der Waals surface area contributed by atoms with Crippen LogP contribution in [-0.2, 0) is 0 Å². The first kappa shape index (κ1) is 14.3. The van der Waals surface area contributed by atoms with Gasteiger partial charge in [-0.3, -0.25) is 10.1 Å². The average Bonchev–Trinajstić information content (AvgIpc) is 3.00. The summed E-state index contributed by atoms with van der Waals surface area (Å²) in [5.74, 6) is 0. The molecular formula is C16H23N3O2. The topological polar surface area (TPSA) is 58.4 Å². The van der Waals surface area contributed by atoms with Gasteiger partial charge in [0.15, 0.2) is 0 Å². The predicted octanol–water partition coefficient (Wildman–Crippen LogP) is 3.01. The fourth-order valence-electron chi connectivity index (χ4n) is 3.83. The van der Waals surface area contributed by atoms with Crippen LogP contribution in [0.4, 0.5) is 11.4 Å². The Bertz CT molecular complexity index is 526. The van der Waals surface area contributed by atoms with Crippen molar-refractivity contribution in [2.45, 2.75) is 51.1 Å². The third-order valence-electron chi connectivity index (χ3n) is 4.82. The largest absolute Gasteiger partial charge is 0.361 e. The average molecular weight is 289 g/mol. The fraction of sp³-hybridized carbons (Fsp3) is 0.625. The number of benzene rings is 1. The molecule has 0 aliphatic carbocycles. The van der Waals surface area contributed by atoms with Crippen molar-refractivity contribution in [3.63, 3.8) is 0 Å². The molecule has 2 saturated heterocycles. The van der Waals surface area contributed by atoms with E-state index in [0.29, 0.717) is 12.1 Å². The highest BCUT2D eigenvalue weighted by Crippen LogP contribution is 2.36. The van der Waals surface area contributed by atoms with Crippen molar-refractivity contribution in [2.24, 2.45) is 0 Å². The minimum absolute atomic E-state index is 0.224. The molecule has 2 atom stereocenters. The molecule has 21 heavy (non-hydrogen) atoms. The van der Waals surface area contributed by atoms with Gasteiger partial charge in [0, 0.05) is 24.2 Å². The molecule has 2 unspecified atom stereocenters. The maximum Gasteiger partial charge on any atom is 0.295 e. The Balaban J connectivity index is 1.96. The van der Waals surface area contributed by atoms with Gasteiger partial charge in [0.2, 0.25) is 0 Å². The van der Waals surface area contributed by atoms with Crippen LogP contribution in [0.1, 0.15) is 37.7 Å². The van der Waals surface area contributed by atoms with Crippen LogP contribution in [0.3, 0.4) is 0 Å². The van der Waals surface area contributed by atoms with Crippen LogP contribution >= 0.6 is 0 Å². The lowest BCUT2D eigenvalue weighted by Crippen LogP contribution is -2.50. The number of anilines is 1. The monoisotopic (exact) mass is 289 g/mol. The van der Waals surface area contributed by atoms with Crippen molar-refractivity contribution < 1.29 is 4.92 Å². The summed E-state index contributed by atoms with van der Waals surface area (Å²) in [6, 6.07) is 6.55. The van der Waals surface area contributed by atoms with Crippen LogP contribution in [-0.4, -0.2) is 30.1 Å². The van der Waals surface area contributed by atoms with E-state index >= 15 is 0 Å². The Hall–Kier alpha value is -1.62. The van der Waals surface area contributed by atoms with E-state index in [-0.39, 0.29) is 10.6 Å². The van der Waals surface area contributed by atoms with Crippen molar-refractivity contribution >= 4 is 11.4 Å². The summed E-state index contributed by atoms with van der Waals surface area (Å²) in [5, 5.41) is 15.1. The van der Waals surface area contributed by atoms with Crippen LogP contribution in [0.15, 0.2) is 18.2 Å². The SMILES string of the molecule is Cc1cccc(N2CCCCC2C2CCCN2)c1[N+](=O)[O-]. The minimum atomic E-state index is -0.224. The molecule has 3 rings (SSSR count). The summed E-state index contributed by atoms with van der Waals surface area (Å²) in [7, 11) is 0. The van der Waals surface area contributed by atoms with Crippen molar-refractivity contribution in [1.82, 2.24) is 5.32 Å². The highest BCUT2D eigenvalue weighted by atomic mass is 16.6. The third-order valence-corrected chi connectivity index (χ3v) is 4.82. The number of nitrogens with zero attached hydrogens (tertiary/aromatic N) is 2. The van der Waals surface area contributed by atoms with Gasteiger partial charge in [-0.1, -0.05) is 12.1 Å². The van der Waals surface area contributed by atoms with Crippen LogP contribution in [0, 0.1) is 17.0 Å². The second kappa shape index (κ2) is 6.02. The van der Waals surface area contributed by atoms with E-state index in [9.17, 15) is 10.1 Å². The highest BCUT2D eigenvalue weighted by molar-refractivity contribution is 5.67. The van der Waals surface area contributed by atoms with E-state index < -0.39 is 0 Å². The number of hydrogen-bond acceptors (Lipinski definition) is 4. The lowest BCUT2D eigenvalue weighted by molar-refractivity contribution is -0.384.